The van der Waals surface area contributed by atoms with Crippen LogP contribution in [-0.2, 0) is 18.3 Å². The van der Waals surface area contributed by atoms with E-state index in [0.29, 0.717) is 12.2 Å². The molecule has 0 radical (unpaired) electrons. The molecule has 6 heteroatoms. The predicted molar refractivity (Wildman–Crippen MR) is 64.2 cm³/mol. The number of Topliss-reactive ketones (excluding diaryl/α,β-unsaturated/α-hetero) is 1. The smallest absolute Gasteiger partial charge is 0.182 e. The second-order valence-corrected chi connectivity index (χ2v) is 5.64. The van der Waals surface area contributed by atoms with Gasteiger partial charge in [0.25, 0.3) is 0 Å². The number of carbonyl (C=O) groups excluding carboxylic acids is 1. The Morgan fingerprint density at radius 3 is 2.59 bits per heavy atom. The van der Waals surface area contributed by atoms with E-state index in [1.807, 2.05) is 0 Å². The van der Waals surface area contributed by atoms with Crippen LogP contribution in [0.3, 0.4) is 0 Å². The first-order valence-electron chi connectivity index (χ1n) is 5.76. The van der Waals surface area contributed by atoms with Gasteiger partial charge in [-0.15, -0.1) is 10.2 Å². The summed E-state index contributed by atoms with van der Waals surface area (Å²) in [5.74, 6) is 0.523. The molecule has 96 valence electrons. The average molecular weight is 239 g/mol. The van der Waals surface area contributed by atoms with Crippen molar-refractivity contribution in [2.24, 2.45) is 18.2 Å². The van der Waals surface area contributed by atoms with Crippen molar-refractivity contribution < 1.29 is 4.79 Å². The van der Waals surface area contributed by atoms with Gasteiger partial charge in [-0.05, 0) is 17.0 Å². The van der Waals surface area contributed by atoms with Crippen molar-refractivity contribution in [2.45, 2.75) is 46.1 Å². The minimum Gasteiger partial charge on any atom is -0.327 e. The van der Waals surface area contributed by atoms with Crippen LogP contribution in [0.15, 0.2) is 0 Å². The molecular formula is C11H21N5O. The van der Waals surface area contributed by atoms with Gasteiger partial charge in [0, 0.05) is 12.5 Å². The predicted octanol–water partition coefficient (Wildman–Crippen LogP) is 0.475. The van der Waals surface area contributed by atoms with Gasteiger partial charge in [-0.2, -0.15) is 4.80 Å². The summed E-state index contributed by atoms with van der Waals surface area (Å²) in [5, 5.41) is 11.4. The molecule has 0 aromatic carbocycles. The second-order valence-electron chi connectivity index (χ2n) is 5.64. The van der Waals surface area contributed by atoms with E-state index < -0.39 is 0 Å². The van der Waals surface area contributed by atoms with E-state index >= 15 is 0 Å². The van der Waals surface area contributed by atoms with Crippen LogP contribution in [0.5, 0.6) is 0 Å². The third-order valence-electron chi connectivity index (χ3n) is 2.27. The maximum atomic E-state index is 11.7. The summed E-state index contributed by atoms with van der Waals surface area (Å²) in [5.41, 5.74) is 6.08. The van der Waals surface area contributed by atoms with Gasteiger partial charge >= 0.3 is 0 Å². The Morgan fingerprint density at radius 1 is 1.47 bits per heavy atom. The third kappa shape index (κ3) is 5.53. The molecule has 0 spiro atoms. The van der Waals surface area contributed by atoms with E-state index in [0.717, 1.165) is 6.42 Å². The number of nitrogens with zero attached hydrogens (tertiary/aromatic N) is 4. The Balaban J connectivity index is 2.39. The summed E-state index contributed by atoms with van der Waals surface area (Å²) >= 11 is 0. The lowest BCUT2D eigenvalue weighted by atomic mass is 9.86. The third-order valence-corrected chi connectivity index (χ3v) is 2.27. The standard InChI is InChI=1S/C11H21N5O/c1-11(2,3)7-8(12)5-9(17)6-10-13-15-16(4)14-10/h8H,5-7,12H2,1-4H3. The summed E-state index contributed by atoms with van der Waals surface area (Å²) in [6.07, 6.45) is 1.41. The van der Waals surface area contributed by atoms with Crippen molar-refractivity contribution in [1.82, 2.24) is 20.2 Å². The molecule has 0 aliphatic carbocycles. The molecule has 1 heterocycles. The van der Waals surface area contributed by atoms with Crippen LogP contribution >= 0.6 is 0 Å². The van der Waals surface area contributed by atoms with Crippen LogP contribution in [0, 0.1) is 5.41 Å². The molecule has 0 saturated heterocycles. The molecule has 1 aromatic rings. The maximum Gasteiger partial charge on any atom is 0.182 e. The van der Waals surface area contributed by atoms with Crippen molar-refractivity contribution in [1.29, 1.82) is 0 Å². The number of carbonyl (C=O) groups is 1. The van der Waals surface area contributed by atoms with Gasteiger partial charge in [0.05, 0.1) is 13.5 Å². The van der Waals surface area contributed by atoms with Crippen LogP contribution < -0.4 is 5.73 Å². The Kier molecular flexibility index (Phi) is 4.34. The second kappa shape index (κ2) is 5.35. The summed E-state index contributed by atoms with van der Waals surface area (Å²) in [6.45, 7) is 6.34. The van der Waals surface area contributed by atoms with Gasteiger partial charge in [-0.1, -0.05) is 20.8 Å². The minimum absolute atomic E-state index is 0.0646. The summed E-state index contributed by atoms with van der Waals surface area (Å²) in [6, 6.07) is -0.0980. The van der Waals surface area contributed by atoms with E-state index in [1.54, 1.807) is 7.05 Å². The number of aromatic nitrogens is 4. The van der Waals surface area contributed by atoms with E-state index in [4.69, 9.17) is 5.73 Å². The van der Waals surface area contributed by atoms with Crippen LogP contribution in [0.1, 0.15) is 39.4 Å². The fourth-order valence-corrected chi connectivity index (χ4v) is 1.79. The molecule has 2 N–H and O–H groups in total. The molecular weight excluding hydrogens is 218 g/mol. The summed E-state index contributed by atoms with van der Waals surface area (Å²) in [4.78, 5) is 13.1. The van der Waals surface area contributed by atoms with Gasteiger partial charge in [0.1, 0.15) is 5.78 Å². The molecule has 0 aliphatic rings. The lowest BCUT2D eigenvalue weighted by molar-refractivity contribution is -0.118. The van der Waals surface area contributed by atoms with Gasteiger partial charge < -0.3 is 5.73 Å². The monoisotopic (exact) mass is 239 g/mol. The maximum absolute atomic E-state index is 11.7. The van der Waals surface area contributed by atoms with Crippen LogP contribution in [0.4, 0.5) is 0 Å². The van der Waals surface area contributed by atoms with Crippen molar-refractivity contribution in [3.63, 3.8) is 0 Å². The van der Waals surface area contributed by atoms with Crippen molar-refractivity contribution in [3.8, 4) is 0 Å². The zero-order chi connectivity index (χ0) is 13.1. The first kappa shape index (κ1) is 13.8. The van der Waals surface area contributed by atoms with Gasteiger partial charge in [0.2, 0.25) is 0 Å². The topological polar surface area (TPSA) is 86.7 Å². The minimum atomic E-state index is -0.0980. The number of aryl methyl sites for hydroxylation is 1. The number of tetrazole rings is 1. The quantitative estimate of drug-likeness (QED) is 0.807. The van der Waals surface area contributed by atoms with Crippen molar-refractivity contribution >= 4 is 5.78 Å². The molecule has 17 heavy (non-hydrogen) atoms. The Morgan fingerprint density at radius 2 is 2.12 bits per heavy atom. The van der Waals surface area contributed by atoms with Gasteiger partial charge in [-0.3, -0.25) is 4.79 Å². The first-order valence-corrected chi connectivity index (χ1v) is 5.76. The van der Waals surface area contributed by atoms with E-state index in [-0.39, 0.29) is 23.7 Å². The Hall–Kier alpha value is -1.30. The van der Waals surface area contributed by atoms with Crippen molar-refractivity contribution in [3.05, 3.63) is 5.82 Å². The first-order chi connectivity index (χ1) is 7.76. The van der Waals surface area contributed by atoms with E-state index in [2.05, 4.69) is 36.2 Å². The lowest BCUT2D eigenvalue weighted by Crippen LogP contribution is -2.29. The number of rotatable bonds is 5. The number of ketones is 1. The molecule has 1 rings (SSSR count). The molecule has 0 bridgehead atoms. The van der Waals surface area contributed by atoms with E-state index in [1.165, 1.54) is 4.80 Å². The molecule has 1 atom stereocenters. The molecule has 0 saturated carbocycles. The molecule has 1 unspecified atom stereocenters. The number of hydrogen-bond acceptors (Lipinski definition) is 5. The van der Waals surface area contributed by atoms with E-state index in [9.17, 15) is 4.79 Å². The molecule has 0 fully saturated rings. The highest BCUT2D eigenvalue weighted by molar-refractivity contribution is 5.80. The molecule has 0 aliphatic heterocycles. The van der Waals surface area contributed by atoms with Crippen LogP contribution in [-0.4, -0.2) is 32.0 Å². The van der Waals surface area contributed by atoms with Crippen LogP contribution in [0.25, 0.3) is 0 Å². The zero-order valence-corrected chi connectivity index (χ0v) is 11.0. The highest BCUT2D eigenvalue weighted by atomic mass is 16.1. The summed E-state index contributed by atoms with van der Waals surface area (Å²) < 4.78 is 0. The highest BCUT2D eigenvalue weighted by Gasteiger charge is 2.19. The van der Waals surface area contributed by atoms with Gasteiger partial charge in [-0.25, -0.2) is 0 Å². The average Bonchev–Trinajstić information content (AvgIpc) is 2.46. The molecule has 1 aromatic heterocycles. The summed E-state index contributed by atoms with van der Waals surface area (Å²) in [7, 11) is 1.67. The molecule has 0 amide bonds. The van der Waals surface area contributed by atoms with Crippen LogP contribution in [0.2, 0.25) is 0 Å². The SMILES string of the molecule is Cn1nnc(CC(=O)CC(N)CC(C)(C)C)n1. The normalized spacial score (nSPS) is 13.7. The van der Waals surface area contributed by atoms with Crippen molar-refractivity contribution in [2.75, 3.05) is 0 Å². The Labute approximate surface area is 102 Å². The highest BCUT2D eigenvalue weighted by Crippen LogP contribution is 2.21. The number of hydrogen-bond donors (Lipinski definition) is 1. The van der Waals surface area contributed by atoms with Gasteiger partial charge in [0.15, 0.2) is 5.82 Å². The Bertz CT molecular complexity index is 379. The number of nitrogens with two attached hydrogens (primary N) is 1. The largest absolute Gasteiger partial charge is 0.327 e. The lowest BCUT2D eigenvalue weighted by Gasteiger charge is -2.22. The zero-order valence-electron chi connectivity index (χ0n) is 11.0. The fourth-order valence-electron chi connectivity index (χ4n) is 1.79. The molecule has 6 nitrogen and oxygen atoms in total. The fraction of sp³-hybridized carbons (Fsp3) is 0.818.